The largest absolute Gasteiger partial charge is 0.379 e. The summed E-state index contributed by atoms with van der Waals surface area (Å²) >= 11 is 6.62. The number of carbonyl (C=O) groups excluding carboxylic acids is 1. The molecule has 0 bridgehead atoms. The van der Waals surface area contributed by atoms with Crippen molar-refractivity contribution in [3.05, 3.63) is 56.7 Å². The molecular weight excluding hydrogens is 507 g/mol. The summed E-state index contributed by atoms with van der Waals surface area (Å²) in [5.74, 6) is -1.55. The van der Waals surface area contributed by atoms with Gasteiger partial charge in [-0.15, -0.1) is 0 Å². The van der Waals surface area contributed by atoms with Crippen LogP contribution in [0.1, 0.15) is 10.4 Å². The van der Waals surface area contributed by atoms with Gasteiger partial charge in [-0.3, -0.25) is 4.79 Å². The number of amides is 1. The number of hydrogen-bond donors (Lipinski definition) is 1. The highest BCUT2D eigenvalue weighted by Gasteiger charge is 2.28. The second kappa shape index (κ2) is 8.36. The monoisotopic (exact) mass is 520 g/mol. The van der Waals surface area contributed by atoms with Gasteiger partial charge in [0.2, 0.25) is 10.0 Å². The molecule has 1 aliphatic rings. The Bertz CT molecular complexity index is 979. The van der Waals surface area contributed by atoms with Gasteiger partial charge in [-0.05, 0) is 52.3 Å². The number of nitrogens with zero attached hydrogens (tertiary/aromatic N) is 1. The molecule has 27 heavy (non-hydrogen) atoms. The van der Waals surface area contributed by atoms with Crippen LogP contribution in [-0.4, -0.2) is 44.9 Å². The van der Waals surface area contributed by atoms with E-state index in [0.29, 0.717) is 23.4 Å². The van der Waals surface area contributed by atoms with Crippen LogP contribution in [0.2, 0.25) is 0 Å². The molecule has 3 rings (SSSR count). The minimum absolute atomic E-state index is 0.133. The summed E-state index contributed by atoms with van der Waals surface area (Å²) < 4.78 is 47.5. The molecule has 6 nitrogen and oxygen atoms in total. The summed E-state index contributed by atoms with van der Waals surface area (Å²) in [5.41, 5.74) is 0.0863. The number of anilines is 1. The number of hydrogen-bond acceptors (Lipinski definition) is 4. The minimum atomic E-state index is -3.83. The highest BCUT2D eigenvalue weighted by Crippen LogP contribution is 2.27. The Labute approximate surface area is 173 Å². The smallest absolute Gasteiger partial charge is 0.258 e. The summed E-state index contributed by atoms with van der Waals surface area (Å²) in [4.78, 5) is 12.4. The van der Waals surface area contributed by atoms with Crippen LogP contribution in [0.4, 0.5) is 10.1 Å². The van der Waals surface area contributed by atoms with E-state index >= 15 is 0 Å². The summed E-state index contributed by atoms with van der Waals surface area (Å²) in [6.45, 7) is 1.02. The molecule has 1 N–H and O–H groups in total. The van der Waals surface area contributed by atoms with E-state index in [1.54, 1.807) is 18.2 Å². The Hall–Kier alpha value is -1.33. The molecule has 1 amide bonds. The Balaban J connectivity index is 1.89. The normalized spacial score (nSPS) is 15.5. The number of sulfonamides is 1. The molecule has 1 aliphatic heterocycles. The van der Waals surface area contributed by atoms with Gasteiger partial charge in [0, 0.05) is 22.0 Å². The molecule has 0 radical (unpaired) electrons. The van der Waals surface area contributed by atoms with E-state index < -0.39 is 21.7 Å². The molecule has 144 valence electrons. The second-order valence-electron chi connectivity index (χ2n) is 5.74. The zero-order valence-electron chi connectivity index (χ0n) is 13.9. The van der Waals surface area contributed by atoms with E-state index in [0.717, 1.165) is 22.7 Å². The van der Waals surface area contributed by atoms with Gasteiger partial charge in [-0.1, -0.05) is 15.9 Å². The maximum Gasteiger partial charge on any atom is 0.258 e. The highest BCUT2D eigenvalue weighted by atomic mass is 79.9. The maximum atomic E-state index is 14.2. The summed E-state index contributed by atoms with van der Waals surface area (Å²) in [5, 5.41) is 2.58. The Morgan fingerprint density at radius 1 is 1.11 bits per heavy atom. The van der Waals surface area contributed by atoms with Gasteiger partial charge in [0.05, 0.1) is 29.4 Å². The van der Waals surface area contributed by atoms with Gasteiger partial charge >= 0.3 is 0 Å². The average Bonchev–Trinajstić information content (AvgIpc) is 2.65. The van der Waals surface area contributed by atoms with Gasteiger partial charge in [-0.25, -0.2) is 12.8 Å². The van der Waals surface area contributed by atoms with Gasteiger partial charge in [0.1, 0.15) is 5.82 Å². The van der Waals surface area contributed by atoms with Crippen LogP contribution < -0.4 is 5.32 Å². The lowest BCUT2D eigenvalue weighted by atomic mass is 10.2. The van der Waals surface area contributed by atoms with Gasteiger partial charge in [0.15, 0.2) is 0 Å². The number of halogens is 3. The SMILES string of the molecule is O=C(Nc1ccc(Br)cc1Br)c1cc(S(=O)(=O)N2CCOCC2)ccc1F. The fraction of sp³-hybridized carbons (Fsp3) is 0.235. The number of morpholine rings is 1. The van der Waals surface area contributed by atoms with E-state index in [-0.39, 0.29) is 23.5 Å². The van der Waals surface area contributed by atoms with Crippen molar-refractivity contribution in [3.63, 3.8) is 0 Å². The number of ether oxygens (including phenoxy) is 1. The van der Waals surface area contributed by atoms with Crippen LogP contribution in [-0.2, 0) is 14.8 Å². The molecule has 1 saturated heterocycles. The van der Waals surface area contributed by atoms with Gasteiger partial charge in [0.25, 0.3) is 5.91 Å². The second-order valence-corrected chi connectivity index (χ2v) is 9.44. The summed E-state index contributed by atoms with van der Waals surface area (Å²) in [7, 11) is -3.83. The van der Waals surface area contributed by atoms with Crippen molar-refractivity contribution >= 4 is 53.5 Å². The molecule has 0 saturated carbocycles. The molecular formula is C17H15Br2FN2O4S. The highest BCUT2D eigenvalue weighted by molar-refractivity contribution is 9.11. The number of nitrogens with one attached hydrogen (secondary N) is 1. The maximum absolute atomic E-state index is 14.2. The predicted octanol–water partition coefficient (Wildman–Crippen LogP) is 3.62. The van der Waals surface area contributed by atoms with E-state index in [9.17, 15) is 17.6 Å². The van der Waals surface area contributed by atoms with Crippen molar-refractivity contribution in [2.45, 2.75) is 4.90 Å². The first-order valence-corrected chi connectivity index (χ1v) is 11.0. The molecule has 1 heterocycles. The van der Waals surface area contributed by atoms with Crippen molar-refractivity contribution < 1.29 is 22.3 Å². The lowest BCUT2D eigenvalue weighted by Crippen LogP contribution is -2.40. The van der Waals surface area contributed by atoms with Crippen molar-refractivity contribution in [2.24, 2.45) is 0 Å². The van der Waals surface area contributed by atoms with E-state index in [1.807, 2.05) is 0 Å². The molecule has 1 fully saturated rings. The first-order valence-electron chi connectivity index (χ1n) is 7.93. The quantitative estimate of drug-likeness (QED) is 0.666. The van der Waals surface area contributed by atoms with Gasteiger partial charge < -0.3 is 10.1 Å². The predicted molar refractivity (Wildman–Crippen MR) is 106 cm³/mol. The Morgan fingerprint density at radius 2 is 1.81 bits per heavy atom. The van der Waals surface area contributed by atoms with Crippen molar-refractivity contribution in [1.82, 2.24) is 4.31 Å². The lowest BCUT2D eigenvalue weighted by Gasteiger charge is -2.26. The molecule has 0 spiro atoms. The summed E-state index contributed by atoms with van der Waals surface area (Å²) in [6.07, 6.45) is 0. The average molecular weight is 522 g/mol. The van der Waals surface area contributed by atoms with Crippen LogP contribution in [0.5, 0.6) is 0 Å². The standard InChI is InChI=1S/C17H15Br2FN2O4S/c18-11-1-4-16(14(19)9-11)21-17(23)13-10-12(2-3-15(13)20)27(24,25)22-5-7-26-8-6-22/h1-4,9-10H,5-8H2,(H,21,23). The lowest BCUT2D eigenvalue weighted by molar-refractivity contribution is 0.0730. The van der Waals surface area contributed by atoms with Gasteiger partial charge in [-0.2, -0.15) is 4.31 Å². The number of carbonyl (C=O) groups is 1. The Morgan fingerprint density at radius 3 is 2.48 bits per heavy atom. The first kappa shape index (κ1) is 20.4. The molecule has 10 heteroatoms. The van der Waals surface area contributed by atoms with Crippen molar-refractivity contribution in [2.75, 3.05) is 31.6 Å². The molecule has 0 unspecified atom stereocenters. The van der Waals surface area contributed by atoms with Crippen molar-refractivity contribution in [1.29, 1.82) is 0 Å². The fourth-order valence-corrected chi connectivity index (χ4v) is 5.14. The van der Waals surface area contributed by atoms with Crippen molar-refractivity contribution in [3.8, 4) is 0 Å². The number of benzene rings is 2. The molecule has 2 aromatic carbocycles. The fourth-order valence-electron chi connectivity index (χ4n) is 2.56. The van der Waals surface area contributed by atoms with Crippen LogP contribution in [0, 0.1) is 5.82 Å². The number of rotatable bonds is 4. The van der Waals surface area contributed by atoms with Crippen LogP contribution in [0.25, 0.3) is 0 Å². The van der Waals surface area contributed by atoms with E-state index in [4.69, 9.17) is 4.74 Å². The molecule has 2 aromatic rings. The molecule has 0 atom stereocenters. The third kappa shape index (κ3) is 4.57. The third-order valence-electron chi connectivity index (χ3n) is 3.97. The molecule has 0 aromatic heterocycles. The third-order valence-corrected chi connectivity index (χ3v) is 7.01. The summed E-state index contributed by atoms with van der Waals surface area (Å²) in [6, 6.07) is 8.28. The van der Waals surface area contributed by atoms with E-state index in [2.05, 4.69) is 37.2 Å². The van der Waals surface area contributed by atoms with Crippen LogP contribution in [0.15, 0.2) is 50.2 Å². The first-order chi connectivity index (χ1) is 12.8. The van der Waals surface area contributed by atoms with Crippen LogP contribution >= 0.6 is 31.9 Å². The topological polar surface area (TPSA) is 75.7 Å². The van der Waals surface area contributed by atoms with E-state index in [1.165, 1.54) is 4.31 Å². The Kier molecular flexibility index (Phi) is 6.32. The van der Waals surface area contributed by atoms with Crippen LogP contribution in [0.3, 0.4) is 0 Å². The minimum Gasteiger partial charge on any atom is -0.379 e. The zero-order chi connectivity index (χ0) is 19.6. The molecule has 0 aliphatic carbocycles. The zero-order valence-corrected chi connectivity index (χ0v) is 17.9.